The third kappa shape index (κ3) is 1.68. The molecule has 1 aromatic rings. The summed E-state index contributed by atoms with van der Waals surface area (Å²) in [7, 11) is 0. The van der Waals surface area contributed by atoms with Crippen LogP contribution in [0.4, 0.5) is 0 Å². The van der Waals surface area contributed by atoms with Gasteiger partial charge in [0, 0.05) is 11.1 Å². The number of rotatable bonds is 1. The lowest BCUT2D eigenvalue weighted by atomic mass is 10.00. The second kappa shape index (κ2) is 3.80. The number of hydrogen-bond donors (Lipinski definition) is 1. The van der Waals surface area contributed by atoms with Gasteiger partial charge in [-0.2, -0.15) is 0 Å². The van der Waals surface area contributed by atoms with E-state index in [9.17, 15) is 0 Å². The summed E-state index contributed by atoms with van der Waals surface area (Å²) in [4.78, 5) is 0. The largest absolute Gasteiger partial charge is 0.310 e. The Morgan fingerprint density at radius 1 is 1.13 bits per heavy atom. The van der Waals surface area contributed by atoms with Crippen LogP contribution in [0.15, 0.2) is 12.1 Å². The molecule has 0 radical (unpaired) electrons. The van der Waals surface area contributed by atoms with Crippen LogP contribution >= 0.6 is 11.6 Å². The third-order valence-electron chi connectivity index (χ3n) is 3.65. The second-order valence-corrected chi connectivity index (χ2v) is 5.05. The fourth-order valence-corrected chi connectivity index (χ4v) is 3.15. The van der Waals surface area contributed by atoms with E-state index in [1.165, 1.54) is 48.8 Å². The predicted octanol–water partition coefficient (Wildman–Crippen LogP) is 3.25. The Kier molecular flexibility index (Phi) is 2.45. The van der Waals surface area contributed by atoms with E-state index < -0.39 is 0 Å². The quantitative estimate of drug-likeness (QED) is 0.768. The summed E-state index contributed by atoms with van der Waals surface area (Å²) in [5.41, 5.74) is 4.33. The molecule has 1 aliphatic carbocycles. The molecule has 2 aliphatic rings. The van der Waals surface area contributed by atoms with Gasteiger partial charge in [0.15, 0.2) is 0 Å². The lowest BCUT2D eigenvalue weighted by Gasteiger charge is -2.14. The van der Waals surface area contributed by atoms with E-state index in [-0.39, 0.29) is 0 Å². The molecule has 1 N–H and O–H groups in total. The normalized spacial score (nSPS) is 24.5. The summed E-state index contributed by atoms with van der Waals surface area (Å²) in [6.07, 6.45) is 6.27. The minimum Gasteiger partial charge on any atom is -0.310 e. The predicted molar refractivity (Wildman–Crippen MR) is 63.5 cm³/mol. The second-order valence-electron chi connectivity index (χ2n) is 4.64. The summed E-state index contributed by atoms with van der Waals surface area (Å²) >= 11 is 6.35. The summed E-state index contributed by atoms with van der Waals surface area (Å²) < 4.78 is 0. The number of halogens is 1. The molecule has 15 heavy (non-hydrogen) atoms. The highest BCUT2D eigenvalue weighted by atomic mass is 35.5. The van der Waals surface area contributed by atoms with Gasteiger partial charge in [0.2, 0.25) is 0 Å². The molecule has 3 rings (SSSR count). The Morgan fingerprint density at radius 2 is 1.93 bits per heavy atom. The number of fused-ring (bicyclic) bond motifs is 1. The van der Waals surface area contributed by atoms with Crippen molar-refractivity contribution >= 4 is 11.6 Å². The zero-order chi connectivity index (χ0) is 10.3. The topological polar surface area (TPSA) is 12.0 Å². The fourth-order valence-electron chi connectivity index (χ4n) is 2.83. The maximum Gasteiger partial charge on any atom is 0.0456 e. The smallest absolute Gasteiger partial charge is 0.0456 e. The standard InChI is InChI=1S/C13H16ClN/c14-12-8-10-4-1-3-9(10)7-11(12)13-5-2-6-15-13/h7-8,13,15H,1-6H2/t13-/m0/s1. The van der Waals surface area contributed by atoms with Crippen LogP contribution in [-0.2, 0) is 12.8 Å². The monoisotopic (exact) mass is 221 g/mol. The zero-order valence-corrected chi connectivity index (χ0v) is 9.61. The fraction of sp³-hybridized carbons (Fsp3) is 0.538. The van der Waals surface area contributed by atoms with Crippen LogP contribution in [-0.4, -0.2) is 6.54 Å². The molecule has 1 fully saturated rings. The van der Waals surface area contributed by atoms with Crippen molar-refractivity contribution in [1.29, 1.82) is 0 Å². The van der Waals surface area contributed by atoms with Crippen LogP contribution in [0, 0.1) is 0 Å². The maximum atomic E-state index is 6.35. The molecule has 1 saturated heterocycles. The number of aryl methyl sites for hydroxylation is 2. The van der Waals surface area contributed by atoms with E-state index >= 15 is 0 Å². The average Bonchev–Trinajstić information content (AvgIpc) is 2.85. The van der Waals surface area contributed by atoms with Gasteiger partial charge < -0.3 is 5.32 Å². The summed E-state index contributed by atoms with van der Waals surface area (Å²) in [6.45, 7) is 1.14. The number of hydrogen-bond acceptors (Lipinski definition) is 1. The molecule has 1 aromatic carbocycles. The molecular weight excluding hydrogens is 206 g/mol. The molecule has 0 saturated carbocycles. The zero-order valence-electron chi connectivity index (χ0n) is 8.85. The van der Waals surface area contributed by atoms with Crippen molar-refractivity contribution in [2.75, 3.05) is 6.54 Å². The van der Waals surface area contributed by atoms with E-state index in [4.69, 9.17) is 11.6 Å². The van der Waals surface area contributed by atoms with E-state index in [0.29, 0.717) is 6.04 Å². The molecule has 0 aromatic heterocycles. The molecule has 1 nitrogen and oxygen atoms in total. The first-order valence-electron chi connectivity index (χ1n) is 5.89. The van der Waals surface area contributed by atoms with E-state index in [2.05, 4.69) is 17.4 Å². The van der Waals surface area contributed by atoms with E-state index in [1.807, 2.05) is 0 Å². The van der Waals surface area contributed by atoms with Crippen molar-refractivity contribution in [2.45, 2.75) is 38.1 Å². The molecular formula is C13H16ClN. The molecule has 1 aliphatic heterocycles. The Balaban J connectivity index is 2.00. The van der Waals surface area contributed by atoms with Crippen LogP contribution in [0.1, 0.15) is 42.0 Å². The summed E-state index contributed by atoms with van der Waals surface area (Å²) in [5.74, 6) is 0. The van der Waals surface area contributed by atoms with Crippen LogP contribution < -0.4 is 5.32 Å². The van der Waals surface area contributed by atoms with E-state index in [1.54, 1.807) is 0 Å². The molecule has 1 heterocycles. The van der Waals surface area contributed by atoms with Crippen molar-refractivity contribution in [3.8, 4) is 0 Å². The van der Waals surface area contributed by atoms with Gasteiger partial charge in [-0.25, -0.2) is 0 Å². The Hall–Kier alpha value is -0.530. The van der Waals surface area contributed by atoms with Gasteiger partial charge >= 0.3 is 0 Å². The minimum atomic E-state index is 0.503. The highest BCUT2D eigenvalue weighted by Crippen LogP contribution is 2.34. The maximum absolute atomic E-state index is 6.35. The lowest BCUT2D eigenvalue weighted by Crippen LogP contribution is -2.13. The highest BCUT2D eigenvalue weighted by molar-refractivity contribution is 6.31. The molecule has 0 unspecified atom stereocenters. The van der Waals surface area contributed by atoms with Gasteiger partial charge in [0.25, 0.3) is 0 Å². The van der Waals surface area contributed by atoms with Crippen LogP contribution in [0.2, 0.25) is 5.02 Å². The third-order valence-corrected chi connectivity index (χ3v) is 3.97. The molecule has 2 heteroatoms. The molecule has 80 valence electrons. The van der Waals surface area contributed by atoms with Crippen molar-refractivity contribution in [1.82, 2.24) is 5.32 Å². The first-order chi connectivity index (χ1) is 7.34. The molecule has 0 bridgehead atoms. The van der Waals surface area contributed by atoms with Gasteiger partial charge in [-0.3, -0.25) is 0 Å². The number of benzene rings is 1. The van der Waals surface area contributed by atoms with Gasteiger partial charge in [-0.05, 0) is 61.4 Å². The summed E-state index contributed by atoms with van der Waals surface area (Å²) in [6, 6.07) is 5.04. The van der Waals surface area contributed by atoms with Crippen LogP contribution in [0.25, 0.3) is 0 Å². The van der Waals surface area contributed by atoms with Crippen molar-refractivity contribution in [3.63, 3.8) is 0 Å². The highest BCUT2D eigenvalue weighted by Gasteiger charge is 2.21. The van der Waals surface area contributed by atoms with Crippen molar-refractivity contribution < 1.29 is 0 Å². The number of nitrogens with one attached hydrogen (secondary N) is 1. The van der Waals surface area contributed by atoms with Gasteiger partial charge in [-0.1, -0.05) is 17.7 Å². The Labute approximate surface area is 95.8 Å². The molecule has 1 atom stereocenters. The summed E-state index contributed by atoms with van der Waals surface area (Å²) in [5, 5.41) is 4.49. The molecule has 0 amide bonds. The van der Waals surface area contributed by atoms with Crippen molar-refractivity contribution in [2.24, 2.45) is 0 Å². The van der Waals surface area contributed by atoms with Crippen LogP contribution in [0.5, 0.6) is 0 Å². The van der Waals surface area contributed by atoms with Gasteiger partial charge in [-0.15, -0.1) is 0 Å². The van der Waals surface area contributed by atoms with Crippen LogP contribution in [0.3, 0.4) is 0 Å². The first-order valence-corrected chi connectivity index (χ1v) is 6.27. The van der Waals surface area contributed by atoms with Gasteiger partial charge in [0.1, 0.15) is 0 Å². The Bertz CT molecular complexity index is 380. The van der Waals surface area contributed by atoms with Crippen molar-refractivity contribution in [3.05, 3.63) is 33.8 Å². The Morgan fingerprint density at radius 3 is 2.67 bits per heavy atom. The average molecular weight is 222 g/mol. The molecule has 0 spiro atoms. The SMILES string of the molecule is Clc1cc2c(cc1[C@@H]1CCCN1)CCC2. The first kappa shape index (κ1) is 9.68. The van der Waals surface area contributed by atoms with Gasteiger partial charge in [0.05, 0.1) is 0 Å². The van der Waals surface area contributed by atoms with E-state index in [0.717, 1.165) is 11.6 Å². The minimum absolute atomic E-state index is 0.503. The lowest BCUT2D eigenvalue weighted by molar-refractivity contribution is 0.647.